The van der Waals surface area contributed by atoms with E-state index in [0.29, 0.717) is 29.8 Å². The van der Waals surface area contributed by atoms with E-state index in [4.69, 9.17) is 4.74 Å². The van der Waals surface area contributed by atoms with Gasteiger partial charge in [0.25, 0.3) is 0 Å². The second-order valence-electron chi connectivity index (χ2n) is 5.49. The van der Waals surface area contributed by atoms with Gasteiger partial charge in [0.1, 0.15) is 5.75 Å². The van der Waals surface area contributed by atoms with Crippen LogP contribution >= 0.6 is 15.9 Å². The highest BCUT2D eigenvalue weighted by Gasteiger charge is 2.17. The summed E-state index contributed by atoms with van der Waals surface area (Å²) in [5.74, 6) is 1.20. The quantitative estimate of drug-likeness (QED) is 0.835. The van der Waals surface area contributed by atoms with Crippen LogP contribution in [-0.4, -0.2) is 23.5 Å². The maximum Gasteiger partial charge on any atom is 0.225 e. The number of carbonyl (C=O) groups is 1. The molecule has 0 aliphatic carbocycles. The van der Waals surface area contributed by atoms with Gasteiger partial charge in [-0.15, -0.1) is 0 Å². The van der Waals surface area contributed by atoms with Gasteiger partial charge in [0.05, 0.1) is 11.9 Å². The molecule has 2 N–H and O–H groups in total. The minimum Gasteiger partial charge on any atom is -0.439 e. The number of rotatable bonds is 5. The number of anilines is 1. The van der Waals surface area contributed by atoms with Crippen LogP contribution in [-0.2, 0) is 4.79 Å². The van der Waals surface area contributed by atoms with E-state index in [9.17, 15) is 4.79 Å². The summed E-state index contributed by atoms with van der Waals surface area (Å²) >= 11 is 3.40. The molecular formula is C17H18BrN3O2. The first-order valence-corrected chi connectivity index (χ1v) is 8.41. The highest BCUT2D eigenvalue weighted by atomic mass is 79.9. The summed E-state index contributed by atoms with van der Waals surface area (Å²) in [6, 6.07) is 11.4. The fourth-order valence-corrected chi connectivity index (χ4v) is 2.91. The molecule has 2 heterocycles. The average molecular weight is 376 g/mol. The minimum absolute atomic E-state index is 0.00635. The molecule has 1 atom stereocenters. The van der Waals surface area contributed by atoms with Crippen molar-refractivity contribution in [3.05, 3.63) is 47.1 Å². The van der Waals surface area contributed by atoms with Gasteiger partial charge in [-0.3, -0.25) is 4.79 Å². The van der Waals surface area contributed by atoms with E-state index in [-0.39, 0.29) is 5.91 Å². The number of pyridine rings is 1. The number of nitrogens with one attached hydrogen (secondary N) is 2. The molecule has 120 valence electrons. The Hall–Kier alpha value is -1.92. The van der Waals surface area contributed by atoms with Gasteiger partial charge < -0.3 is 15.4 Å². The number of aromatic nitrogens is 1. The number of carbonyl (C=O) groups excluding carboxylic acids is 1. The highest BCUT2D eigenvalue weighted by Crippen LogP contribution is 2.23. The summed E-state index contributed by atoms with van der Waals surface area (Å²) in [5.41, 5.74) is 0.676. The Bertz CT molecular complexity index is 670. The summed E-state index contributed by atoms with van der Waals surface area (Å²) in [5, 5.41) is 6.18. The number of hydrogen-bond donors (Lipinski definition) is 2. The summed E-state index contributed by atoms with van der Waals surface area (Å²) in [4.78, 5) is 16.2. The summed E-state index contributed by atoms with van der Waals surface area (Å²) < 4.78 is 6.61. The predicted octanol–water partition coefficient (Wildman–Crippen LogP) is 3.72. The second kappa shape index (κ2) is 7.57. The molecule has 1 saturated heterocycles. The molecular weight excluding hydrogens is 358 g/mol. The van der Waals surface area contributed by atoms with Gasteiger partial charge in [-0.2, -0.15) is 0 Å². The van der Waals surface area contributed by atoms with Crippen LogP contribution in [0.4, 0.5) is 5.69 Å². The third-order valence-corrected chi connectivity index (χ3v) is 4.13. The number of nitrogens with zero attached hydrogens (tertiary/aromatic N) is 1. The van der Waals surface area contributed by atoms with E-state index < -0.39 is 0 Å². The van der Waals surface area contributed by atoms with Gasteiger partial charge >= 0.3 is 0 Å². The molecule has 0 bridgehead atoms. The zero-order chi connectivity index (χ0) is 16.1. The summed E-state index contributed by atoms with van der Waals surface area (Å²) in [6.45, 7) is 1.00. The van der Waals surface area contributed by atoms with E-state index in [2.05, 4.69) is 31.5 Å². The molecule has 1 aliphatic heterocycles. The Kier molecular flexibility index (Phi) is 5.25. The number of amides is 1. The predicted molar refractivity (Wildman–Crippen MR) is 92.7 cm³/mol. The van der Waals surface area contributed by atoms with E-state index in [1.54, 1.807) is 18.3 Å². The normalized spacial score (nSPS) is 17.0. The molecule has 0 radical (unpaired) electrons. The van der Waals surface area contributed by atoms with Crippen molar-refractivity contribution in [3.8, 4) is 11.6 Å². The molecule has 1 amide bonds. The van der Waals surface area contributed by atoms with Crippen LogP contribution < -0.4 is 15.4 Å². The Morgan fingerprint density at radius 2 is 2.30 bits per heavy atom. The molecule has 2 aromatic rings. The fourth-order valence-electron chi connectivity index (χ4n) is 2.53. The number of benzene rings is 1. The van der Waals surface area contributed by atoms with Crippen molar-refractivity contribution in [1.29, 1.82) is 0 Å². The Labute approximate surface area is 143 Å². The Balaban J connectivity index is 1.55. The van der Waals surface area contributed by atoms with Crippen LogP contribution in [0.1, 0.15) is 19.3 Å². The zero-order valence-electron chi connectivity index (χ0n) is 12.6. The number of halogens is 1. The second-order valence-corrected chi connectivity index (χ2v) is 6.41. The topological polar surface area (TPSA) is 63.2 Å². The first-order valence-electron chi connectivity index (χ1n) is 7.62. The van der Waals surface area contributed by atoms with E-state index >= 15 is 0 Å². The molecule has 1 aromatic carbocycles. The van der Waals surface area contributed by atoms with Gasteiger partial charge in [0.2, 0.25) is 11.8 Å². The largest absolute Gasteiger partial charge is 0.439 e. The van der Waals surface area contributed by atoms with Crippen molar-refractivity contribution in [2.24, 2.45) is 0 Å². The van der Waals surface area contributed by atoms with Crippen LogP contribution in [0.25, 0.3) is 0 Å². The molecule has 6 heteroatoms. The highest BCUT2D eigenvalue weighted by molar-refractivity contribution is 9.10. The van der Waals surface area contributed by atoms with Gasteiger partial charge in [0.15, 0.2) is 0 Å². The molecule has 1 aromatic heterocycles. The molecule has 1 unspecified atom stereocenters. The maximum atomic E-state index is 12.0. The van der Waals surface area contributed by atoms with Gasteiger partial charge in [0, 0.05) is 23.0 Å². The molecule has 0 saturated carbocycles. The van der Waals surface area contributed by atoms with E-state index in [1.165, 1.54) is 0 Å². The molecule has 23 heavy (non-hydrogen) atoms. The maximum absolute atomic E-state index is 12.0. The van der Waals surface area contributed by atoms with Crippen LogP contribution in [0.3, 0.4) is 0 Å². The smallest absolute Gasteiger partial charge is 0.225 e. The van der Waals surface area contributed by atoms with Gasteiger partial charge in [-0.05, 0) is 43.7 Å². The molecule has 0 spiro atoms. The van der Waals surface area contributed by atoms with Crippen molar-refractivity contribution in [1.82, 2.24) is 10.3 Å². The molecule has 5 nitrogen and oxygen atoms in total. The first kappa shape index (κ1) is 16.0. The lowest BCUT2D eigenvalue weighted by Crippen LogP contribution is -2.27. The van der Waals surface area contributed by atoms with Crippen molar-refractivity contribution in [2.45, 2.75) is 25.3 Å². The van der Waals surface area contributed by atoms with Crippen molar-refractivity contribution in [3.63, 3.8) is 0 Å². The molecule has 3 rings (SSSR count). The monoisotopic (exact) mass is 375 g/mol. The lowest BCUT2D eigenvalue weighted by atomic mass is 10.1. The fraction of sp³-hybridized carbons (Fsp3) is 0.294. The van der Waals surface area contributed by atoms with E-state index in [0.717, 1.165) is 23.9 Å². The van der Waals surface area contributed by atoms with E-state index in [1.807, 2.05) is 24.3 Å². The minimum atomic E-state index is 0.00635. The third kappa shape index (κ3) is 4.77. The average Bonchev–Trinajstić information content (AvgIpc) is 3.02. The van der Waals surface area contributed by atoms with Gasteiger partial charge in [-0.25, -0.2) is 4.98 Å². The van der Waals surface area contributed by atoms with Crippen LogP contribution in [0.15, 0.2) is 47.1 Å². The summed E-state index contributed by atoms with van der Waals surface area (Å²) in [6.07, 6.45) is 4.30. The third-order valence-electron chi connectivity index (χ3n) is 3.63. The summed E-state index contributed by atoms with van der Waals surface area (Å²) in [7, 11) is 0. The number of ether oxygens (including phenoxy) is 1. The lowest BCUT2D eigenvalue weighted by molar-refractivity contribution is -0.116. The molecule has 1 aliphatic rings. The van der Waals surface area contributed by atoms with Crippen molar-refractivity contribution >= 4 is 27.5 Å². The zero-order valence-corrected chi connectivity index (χ0v) is 14.2. The van der Waals surface area contributed by atoms with Crippen LogP contribution in [0.2, 0.25) is 0 Å². The van der Waals surface area contributed by atoms with Crippen LogP contribution in [0, 0.1) is 0 Å². The molecule has 1 fully saturated rings. The SMILES string of the molecule is O=C(CC1CCCN1)Nc1ccc(Oc2cccc(Br)c2)nc1. The number of hydrogen-bond acceptors (Lipinski definition) is 4. The van der Waals surface area contributed by atoms with Crippen LogP contribution in [0.5, 0.6) is 11.6 Å². The van der Waals surface area contributed by atoms with Crippen molar-refractivity contribution in [2.75, 3.05) is 11.9 Å². The Morgan fingerprint density at radius 1 is 1.39 bits per heavy atom. The standard InChI is InChI=1S/C17H18BrN3O2/c18-12-3-1-5-15(9-12)23-17-7-6-14(11-20-17)21-16(22)10-13-4-2-8-19-13/h1,3,5-7,9,11,13,19H,2,4,8,10H2,(H,21,22). The van der Waals surface area contributed by atoms with Crippen molar-refractivity contribution < 1.29 is 9.53 Å². The van der Waals surface area contributed by atoms with Gasteiger partial charge in [-0.1, -0.05) is 22.0 Å². The lowest BCUT2D eigenvalue weighted by Gasteiger charge is -2.10. The Morgan fingerprint density at radius 3 is 3.00 bits per heavy atom. The first-order chi connectivity index (χ1) is 11.2.